The summed E-state index contributed by atoms with van der Waals surface area (Å²) in [4.78, 5) is 11.3. The highest BCUT2D eigenvalue weighted by Gasteiger charge is 2.17. The molecule has 2 heterocycles. The normalized spacial score (nSPS) is 17.8. The number of rotatable bonds is 2. The van der Waals surface area contributed by atoms with Gasteiger partial charge in [-0.15, -0.1) is 11.3 Å². The van der Waals surface area contributed by atoms with E-state index in [0.717, 1.165) is 35.3 Å². The van der Waals surface area contributed by atoms with Crippen LogP contribution in [0.3, 0.4) is 0 Å². The topological polar surface area (TPSA) is 54.5 Å². The minimum Gasteiger partial charge on any atom is -0.370 e. The van der Waals surface area contributed by atoms with Gasteiger partial charge in [-0.25, -0.2) is 9.98 Å². The van der Waals surface area contributed by atoms with Gasteiger partial charge in [0.05, 0.1) is 12.2 Å². The smallest absolute Gasteiger partial charge is 0.191 e. The van der Waals surface area contributed by atoms with Crippen LogP contribution >= 0.6 is 23.1 Å². The van der Waals surface area contributed by atoms with Gasteiger partial charge in [0.15, 0.2) is 5.96 Å². The predicted molar refractivity (Wildman–Crippen MR) is 85.0 cm³/mol. The molecule has 4 nitrogen and oxygen atoms in total. The number of nitrogens with two attached hydrogens (primary N) is 1. The molecule has 0 amide bonds. The Kier molecular flexibility index (Phi) is 4.73. The molecule has 0 saturated carbocycles. The minimum atomic E-state index is 0.105. The molecule has 106 valence electrons. The zero-order valence-electron chi connectivity index (χ0n) is 11.8. The summed E-state index contributed by atoms with van der Waals surface area (Å²) in [5.41, 5.74) is 7.27. The largest absolute Gasteiger partial charge is 0.370 e. The van der Waals surface area contributed by atoms with Gasteiger partial charge in [0.25, 0.3) is 0 Å². The predicted octanol–water partition coefficient (Wildman–Crippen LogP) is 2.30. The van der Waals surface area contributed by atoms with E-state index in [2.05, 4.69) is 41.0 Å². The van der Waals surface area contributed by atoms with Crippen molar-refractivity contribution in [3.8, 4) is 0 Å². The Morgan fingerprint density at radius 2 is 2.11 bits per heavy atom. The van der Waals surface area contributed by atoms with Crippen molar-refractivity contribution in [2.75, 3.05) is 24.6 Å². The minimum absolute atomic E-state index is 0.105. The Balaban J connectivity index is 1.95. The van der Waals surface area contributed by atoms with Gasteiger partial charge in [-0.2, -0.15) is 11.8 Å². The maximum absolute atomic E-state index is 6.03. The molecule has 1 saturated heterocycles. The quantitative estimate of drug-likeness (QED) is 0.672. The molecule has 0 spiro atoms. The van der Waals surface area contributed by atoms with Gasteiger partial charge in [0, 0.05) is 35.4 Å². The van der Waals surface area contributed by atoms with E-state index in [1.165, 1.54) is 0 Å². The molecule has 6 heteroatoms. The first-order valence-corrected chi connectivity index (χ1v) is 8.58. The van der Waals surface area contributed by atoms with Crippen molar-refractivity contribution >= 4 is 29.1 Å². The number of thiazole rings is 1. The zero-order chi connectivity index (χ0) is 13.9. The SMILES string of the molecule is CC(C)(C)c1csc(CN=C(N)N2CCSCC2)n1. The van der Waals surface area contributed by atoms with Gasteiger partial charge in [0.2, 0.25) is 0 Å². The fraction of sp³-hybridized carbons (Fsp3) is 0.692. The lowest BCUT2D eigenvalue weighted by molar-refractivity contribution is 0.455. The fourth-order valence-electron chi connectivity index (χ4n) is 1.77. The summed E-state index contributed by atoms with van der Waals surface area (Å²) in [5.74, 6) is 2.94. The van der Waals surface area contributed by atoms with Crippen LogP contribution in [-0.4, -0.2) is 40.4 Å². The first-order valence-electron chi connectivity index (χ1n) is 6.54. The van der Waals surface area contributed by atoms with Crippen LogP contribution in [0.1, 0.15) is 31.5 Å². The lowest BCUT2D eigenvalue weighted by Gasteiger charge is -2.27. The highest BCUT2D eigenvalue weighted by Crippen LogP contribution is 2.24. The van der Waals surface area contributed by atoms with Gasteiger partial charge >= 0.3 is 0 Å². The van der Waals surface area contributed by atoms with Gasteiger partial charge in [-0.1, -0.05) is 20.8 Å². The Labute approximate surface area is 123 Å². The van der Waals surface area contributed by atoms with Gasteiger partial charge < -0.3 is 10.6 Å². The molecule has 0 bridgehead atoms. The molecular weight excluding hydrogens is 276 g/mol. The molecule has 1 aromatic heterocycles. The van der Waals surface area contributed by atoms with E-state index in [0.29, 0.717) is 12.5 Å². The average Bonchev–Trinajstić information content (AvgIpc) is 2.86. The number of hydrogen-bond acceptors (Lipinski definition) is 4. The first kappa shape index (κ1) is 14.7. The standard InChI is InChI=1S/C13H22N4S2/c1-13(2,3)10-9-19-11(16-10)8-15-12(14)17-4-6-18-7-5-17/h9H,4-8H2,1-3H3,(H2,14,15). The van der Waals surface area contributed by atoms with Crippen LogP contribution < -0.4 is 5.73 Å². The van der Waals surface area contributed by atoms with Gasteiger partial charge in [-0.05, 0) is 0 Å². The first-order chi connectivity index (χ1) is 8.97. The van der Waals surface area contributed by atoms with Crippen LogP contribution in [0.25, 0.3) is 0 Å². The third-order valence-electron chi connectivity index (χ3n) is 3.03. The maximum atomic E-state index is 6.03. The molecule has 0 unspecified atom stereocenters. The molecule has 1 aliphatic heterocycles. The maximum Gasteiger partial charge on any atom is 0.191 e. The van der Waals surface area contributed by atoms with Crippen molar-refractivity contribution in [2.24, 2.45) is 10.7 Å². The van der Waals surface area contributed by atoms with E-state index < -0.39 is 0 Å². The third kappa shape index (κ3) is 4.11. The van der Waals surface area contributed by atoms with Crippen LogP contribution in [0.5, 0.6) is 0 Å². The summed E-state index contributed by atoms with van der Waals surface area (Å²) in [6.45, 7) is 9.13. The molecule has 1 aliphatic rings. The van der Waals surface area contributed by atoms with Crippen molar-refractivity contribution < 1.29 is 0 Å². The van der Waals surface area contributed by atoms with E-state index >= 15 is 0 Å². The lowest BCUT2D eigenvalue weighted by atomic mass is 9.93. The van der Waals surface area contributed by atoms with Crippen LogP contribution in [0, 0.1) is 0 Å². The number of nitrogens with zero attached hydrogens (tertiary/aromatic N) is 3. The molecule has 19 heavy (non-hydrogen) atoms. The second-order valence-corrected chi connectivity index (χ2v) is 7.82. The third-order valence-corrected chi connectivity index (χ3v) is 4.81. The van der Waals surface area contributed by atoms with Crippen molar-refractivity contribution in [3.63, 3.8) is 0 Å². The van der Waals surface area contributed by atoms with E-state index in [9.17, 15) is 0 Å². The van der Waals surface area contributed by atoms with Crippen molar-refractivity contribution in [3.05, 3.63) is 16.1 Å². The zero-order valence-corrected chi connectivity index (χ0v) is 13.5. The Morgan fingerprint density at radius 1 is 1.42 bits per heavy atom. The van der Waals surface area contributed by atoms with E-state index in [1.807, 2.05) is 11.8 Å². The van der Waals surface area contributed by atoms with Crippen LogP contribution in [-0.2, 0) is 12.0 Å². The van der Waals surface area contributed by atoms with E-state index in [-0.39, 0.29) is 5.41 Å². The number of thioether (sulfide) groups is 1. The number of hydrogen-bond donors (Lipinski definition) is 1. The second kappa shape index (κ2) is 6.13. The summed E-state index contributed by atoms with van der Waals surface area (Å²) in [5, 5.41) is 3.16. The highest BCUT2D eigenvalue weighted by atomic mass is 32.2. The number of aliphatic imine (C=N–C) groups is 1. The van der Waals surface area contributed by atoms with Crippen LogP contribution in [0.2, 0.25) is 0 Å². The molecule has 0 radical (unpaired) electrons. The summed E-state index contributed by atoms with van der Waals surface area (Å²) in [6, 6.07) is 0. The van der Waals surface area contributed by atoms with Crippen molar-refractivity contribution in [1.82, 2.24) is 9.88 Å². The van der Waals surface area contributed by atoms with Gasteiger partial charge in [0.1, 0.15) is 5.01 Å². The molecule has 0 aliphatic carbocycles. The fourth-order valence-corrected chi connectivity index (χ4v) is 3.62. The summed E-state index contributed by atoms with van der Waals surface area (Å²) in [7, 11) is 0. The van der Waals surface area contributed by atoms with Crippen molar-refractivity contribution in [1.29, 1.82) is 0 Å². The molecule has 2 N–H and O–H groups in total. The number of aromatic nitrogens is 1. The van der Waals surface area contributed by atoms with Crippen molar-refractivity contribution in [2.45, 2.75) is 32.7 Å². The van der Waals surface area contributed by atoms with Crippen LogP contribution in [0.15, 0.2) is 10.4 Å². The molecule has 1 aromatic rings. The molecular formula is C13H22N4S2. The molecule has 1 fully saturated rings. The molecule has 2 rings (SSSR count). The average molecular weight is 298 g/mol. The second-order valence-electron chi connectivity index (χ2n) is 5.65. The summed E-state index contributed by atoms with van der Waals surface area (Å²) in [6.07, 6.45) is 0. The number of guanidine groups is 1. The lowest BCUT2D eigenvalue weighted by Crippen LogP contribution is -2.42. The van der Waals surface area contributed by atoms with Gasteiger partial charge in [-0.3, -0.25) is 0 Å². The highest BCUT2D eigenvalue weighted by molar-refractivity contribution is 7.99. The monoisotopic (exact) mass is 298 g/mol. The molecule has 0 atom stereocenters. The Morgan fingerprint density at radius 3 is 2.68 bits per heavy atom. The van der Waals surface area contributed by atoms with E-state index in [4.69, 9.17) is 5.73 Å². The Hall–Kier alpha value is -0.750. The van der Waals surface area contributed by atoms with E-state index in [1.54, 1.807) is 11.3 Å². The van der Waals surface area contributed by atoms with Crippen LogP contribution in [0.4, 0.5) is 0 Å². The summed E-state index contributed by atoms with van der Waals surface area (Å²) >= 11 is 3.64. The summed E-state index contributed by atoms with van der Waals surface area (Å²) < 4.78 is 0. The Bertz CT molecular complexity index is 442. The molecule has 0 aromatic carbocycles.